The minimum absolute atomic E-state index is 0.0100. The van der Waals surface area contributed by atoms with Crippen LogP contribution in [0.3, 0.4) is 0 Å². The van der Waals surface area contributed by atoms with Gasteiger partial charge in [-0.3, -0.25) is 4.79 Å². The summed E-state index contributed by atoms with van der Waals surface area (Å²) in [5, 5.41) is 0. The number of fused-ring (bicyclic) bond motifs is 2. The van der Waals surface area contributed by atoms with Crippen LogP contribution >= 0.6 is 57.4 Å². The van der Waals surface area contributed by atoms with E-state index in [2.05, 4.69) is 22.6 Å². The fourth-order valence-corrected chi connectivity index (χ4v) is 4.74. The Hall–Kier alpha value is -0.440. The van der Waals surface area contributed by atoms with E-state index in [4.69, 9.17) is 44.3 Å². The molecule has 2 saturated heterocycles. The number of amides is 1. The maximum atomic E-state index is 12.6. The molecule has 0 N–H and O–H groups in total. The van der Waals surface area contributed by atoms with Gasteiger partial charge in [-0.2, -0.15) is 0 Å². The first-order chi connectivity index (χ1) is 12.7. The lowest BCUT2D eigenvalue weighted by atomic mass is 9.76. The van der Waals surface area contributed by atoms with E-state index in [0.29, 0.717) is 12.8 Å². The van der Waals surface area contributed by atoms with E-state index in [9.17, 15) is 9.59 Å². The molecule has 1 aromatic carbocycles. The third kappa shape index (κ3) is 4.77. The molecule has 0 aromatic heterocycles. The van der Waals surface area contributed by atoms with Gasteiger partial charge in [-0.15, -0.1) is 0 Å². The molecule has 0 spiro atoms. The fraction of sp³-hybridized carbons (Fsp3) is 0.556. The standard InChI is InChI=1S/C18H19Cl3INO4/c1-26-16(24)15-13(10-2-4-11(22)5-3-10)8-12-6-7-14(15)23(12)17(25)27-9-18(19,20)21/h2-5,12-15H,6-9H2,1H3. The molecule has 2 aliphatic rings. The van der Waals surface area contributed by atoms with Gasteiger partial charge in [0.05, 0.1) is 13.0 Å². The number of benzene rings is 1. The van der Waals surface area contributed by atoms with Crippen LogP contribution in [0.5, 0.6) is 0 Å². The van der Waals surface area contributed by atoms with Crippen molar-refractivity contribution in [2.45, 2.75) is 41.1 Å². The van der Waals surface area contributed by atoms with Gasteiger partial charge in [-0.25, -0.2) is 4.79 Å². The Balaban J connectivity index is 1.85. The van der Waals surface area contributed by atoms with Crippen LogP contribution in [0.4, 0.5) is 4.79 Å². The molecule has 0 aliphatic carbocycles. The summed E-state index contributed by atoms with van der Waals surface area (Å²) in [6, 6.07) is 7.82. The van der Waals surface area contributed by atoms with Gasteiger partial charge in [0.1, 0.15) is 6.61 Å². The molecular weight excluding hydrogens is 527 g/mol. The Morgan fingerprint density at radius 3 is 2.48 bits per heavy atom. The van der Waals surface area contributed by atoms with Gasteiger partial charge in [0.25, 0.3) is 0 Å². The number of halogens is 4. The number of methoxy groups -OCH3 is 1. The molecule has 2 aliphatic heterocycles. The minimum Gasteiger partial charge on any atom is -0.469 e. The molecule has 1 amide bonds. The topological polar surface area (TPSA) is 55.8 Å². The fourth-order valence-electron chi connectivity index (χ4n) is 4.22. The molecule has 2 bridgehead atoms. The van der Waals surface area contributed by atoms with Crippen LogP contribution in [0.15, 0.2) is 24.3 Å². The normalized spacial score (nSPS) is 27.4. The second-order valence-electron chi connectivity index (χ2n) is 6.82. The predicted molar refractivity (Wildman–Crippen MR) is 112 cm³/mol. The number of carbonyl (C=O) groups excluding carboxylic acids is 2. The number of hydrogen-bond acceptors (Lipinski definition) is 4. The van der Waals surface area contributed by atoms with E-state index < -0.39 is 15.8 Å². The lowest BCUT2D eigenvalue weighted by Crippen LogP contribution is -2.53. The highest BCUT2D eigenvalue weighted by molar-refractivity contribution is 14.1. The van der Waals surface area contributed by atoms with Gasteiger partial charge in [0.15, 0.2) is 0 Å². The monoisotopic (exact) mass is 545 g/mol. The Morgan fingerprint density at radius 1 is 1.22 bits per heavy atom. The van der Waals surface area contributed by atoms with E-state index in [1.54, 1.807) is 4.90 Å². The van der Waals surface area contributed by atoms with Crippen LogP contribution in [0.1, 0.15) is 30.7 Å². The lowest BCUT2D eigenvalue weighted by molar-refractivity contribution is -0.150. The van der Waals surface area contributed by atoms with Crippen molar-refractivity contribution in [3.63, 3.8) is 0 Å². The quantitative estimate of drug-likeness (QED) is 0.307. The Bertz CT molecular complexity index is 710. The van der Waals surface area contributed by atoms with Crippen molar-refractivity contribution >= 4 is 69.5 Å². The smallest absolute Gasteiger partial charge is 0.410 e. The highest BCUT2D eigenvalue weighted by Crippen LogP contribution is 2.47. The maximum absolute atomic E-state index is 12.6. The largest absolute Gasteiger partial charge is 0.469 e. The number of alkyl halides is 3. The molecule has 4 unspecified atom stereocenters. The second-order valence-corrected chi connectivity index (χ2v) is 10.6. The van der Waals surface area contributed by atoms with Gasteiger partial charge in [-0.05, 0) is 59.5 Å². The van der Waals surface area contributed by atoms with Crippen LogP contribution < -0.4 is 0 Å². The van der Waals surface area contributed by atoms with Gasteiger partial charge in [0, 0.05) is 21.6 Å². The number of piperidine rings is 1. The third-order valence-electron chi connectivity index (χ3n) is 5.26. The third-order valence-corrected chi connectivity index (χ3v) is 6.31. The number of carbonyl (C=O) groups is 2. The number of esters is 1. The molecular formula is C18H19Cl3INO4. The molecule has 9 heteroatoms. The second kappa shape index (κ2) is 8.51. The summed E-state index contributed by atoms with van der Waals surface area (Å²) < 4.78 is 9.71. The number of rotatable bonds is 3. The van der Waals surface area contributed by atoms with Crippen molar-refractivity contribution in [3.8, 4) is 0 Å². The van der Waals surface area contributed by atoms with E-state index in [1.165, 1.54) is 7.11 Å². The number of nitrogens with zero attached hydrogens (tertiary/aromatic N) is 1. The SMILES string of the molecule is COC(=O)C1C(c2ccc(I)cc2)CC2CCC1N2C(=O)OCC(Cl)(Cl)Cl. The van der Waals surface area contributed by atoms with E-state index in [1.807, 2.05) is 24.3 Å². The zero-order chi connectivity index (χ0) is 19.8. The first-order valence-corrected chi connectivity index (χ1v) is 10.8. The lowest BCUT2D eigenvalue weighted by Gasteiger charge is -2.43. The van der Waals surface area contributed by atoms with Crippen LogP contribution in [-0.2, 0) is 14.3 Å². The van der Waals surface area contributed by atoms with E-state index >= 15 is 0 Å². The van der Waals surface area contributed by atoms with Gasteiger partial charge >= 0.3 is 12.1 Å². The minimum atomic E-state index is -1.67. The van der Waals surface area contributed by atoms with Crippen molar-refractivity contribution < 1.29 is 19.1 Å². The molecule has 27 heavy (non-hydrogen) atoms. The van der Waals surface area contributed by atoms with E-state index in [-0.39, 0.29) is 30.6 Å². The zero-order valence-corrected chi connectivity index (χ0v) is 19.0. The summed E-state index contributed by atoms with van der Waals surface area (Å²) >= 11 is 19.3. The molecule has 0 saturated carbocycles. The van der Waals surface area contributed by atoms with Crippen LogP contribution in [0.2, 0.25) is 0 Å². The summed E-state index contributed by atoms with van der Waals surface area (Å²) in [6.07, 6.45) is 1.64. The average Bonchev–Trinajstić information content (AvgIpc) is 2.93. The molecule has 0 radical (unpaired) electrons. The molecule has 2 fully saturated rings. The van der Waals surface area contributed by atoms with Crippen LogP contribution in [0.25, 0.3) is 0 Å². The van der Waals surface area contributed by atoms with Gasteiger partial charge < -0.3 is 14.4 Å². The van der Waals surface area contributed by atoms with Gasteiger partial charge in [0.2, 0.25) is 3.79 Å². The molecule has 148 valence electrons. The summed E-state index contributed by atoms with van der Waals surface area (Å²) in [5.41, 5.74) is 1.08. The summed E-state index contributed by atoms with van der Waals surface area (Å²) in [5.74, 6) is -0.777. The zero-order valence-electron chi connectivity index (χ0n) is 14.5. The Morgan fingerprint density at radius 2 is 1.89 bits per heavy atom. The summed E-state index contributed by atoms with van der Waals surface area (Å²) in [4.78, 5) is 26.9. The van der Waals surface area contributed by atoms with Gasteiger partial charge in [-0.1, -0.05) is 46.9 Å². The summed E-state index contributed by atoms with van der Waals surface area (Å²) in [7, 11) is 1.37. The first kappa shape index (κ1) is 21.3. The number of ether oxygens (including phenoxy) is 2. The molecule has 5 nitrogen and oxygen atoms in total. The van der Waals surface area contributed by atoms with Crippen molar-refractivity contribution in [1.82, 2.24) is 4.90 Å². The highest BCUT2D eigenvalue weighted by atomic mass is 127. The molecule has 3 rings (SSSR count). The Kier molecular flexibility index (Phi) is 6.71. The molecule has 2 heterocycles. The predicted octanol–water partition coefficient (Wildman–Crippen LogP) is 4.91. The Labute approximate surface area is 186 Å². The van der Waals surface area contributed by atoms with Crippen molar-refractivity contribution in [2.24, 2.45) is 5.92 Å². The molecule has 4 atom stereocenters. The average molecular weight is 547 g/mol. The van der Waals surface area contributed by atoms with E-state index in [0.717, 1.165) is 15.6 Å². The number of hydrogen-bond donors (Lipinski definition) is 0. The van der Waals surface area contributed by atoms with Crippen molar-refractivity contribution in [3.05, 3.63) is 33.4 Å². The van der Waals surface area contributed by atoms with Crippen molar-refractivity contribution in [2.75, 3.05) is 13.7 Å². The van der Waals surface area contributed by atoms with Crippen LogP contribution in [-0.4, -0.2) is 46.6 Å². The van der Waals surface area contributed by atoms with Crippen molar-refractivity contribution in [1.29, 1.82) is 0 Å². The highest BCUT2D eigenvalue weighted by Gasteiger charge is 2.53. The first-order valence-electron chi connectivity index (χ1n) is 8.56. The maximum Gasteiger partial charge on any atom is 0.410 e. The summed E-state index contributed by atoms with van der Waals surface area (Å²) in [6.45, 7) is -0.337. The van der Waals surface area contributed by atoms with Crippen LogP contribution in [0, 0.1) is 9.49 Å². The molecule has 1 aromatic rings.